The van der Waals surface area contributed by atoms with Crippen molar-refractivity contribution in [1.82, 2.24) is 4.72 Å². The molecule has 2 N–H and O–H groups in total. The first kappa shape index (κ1) is 14.0. The third kappa shape index (κ3) is 3.18. The van der Waals surface area contributed by atoms with Crippen molar-refractivity contribution in [1.29, 1.82) is 0 Å². The maximum absolute atomic E-state index is 11.5. The summed E-state index contributed by atoms with van der Waals surface area (Å²) < 4.78 is 25.3. The second kappa shape index (κ2) is 5.48. The number of sulfonamides is 1. The van der Waals surface area contributed by atoms with Crippen LogP contribution in [0.25, 0.3) is 0 Å². The lowest BCUT2D eigenvalue weighted by Crippen LogP contribution is -2.31. The molecular formula is C11H18N2O3S. The molecule has 96 valence electrons. The van der Waals surface area contributed by atoms with Gasteiger partial charge in [0.05, 0.1) is 11.5 Å². The molecule has 0 bridgehead atoms. The van der Waals surface area contributed by atoms with Gasteiger partial charge in [-0.2, -0.15) is 0 Å². The van der Waals surface area contributed by atoms with E-state index in [4.69, 9.17) is 5.11 Å². The van der Waals surface area contributed by atoms with Crippen LogP contribution in [0.2, 0.25) is 0 Å². The molecule has 1 atom stereocenters. The number of aliphatic hydroxyl groups is 1. The van der Waals surface area contributed by atoms with Crippen LogP contribution < -0.4 is 9.62 Å². The zero-order valence-corrected chi connectivity index (χ0v) is 11.0. The summed E-state index contributed by atoms with van der Waals surface area (Å²) in [6, 6.07) is 6.51. The fourth-order valence-electron chi connectivity index (χ4n) is 1.36. The molecule has 0 saturated carbocycles. The molecule has 17 heavy (non-hydrogen) atoms. The van der Waals surface area contributed by atoms with Gasteiger partial charge in [0.15, 0.2) is 0 Å². The molecule has 1 aromatic rings. The number of hydrogen-bond acceptors (Lipinski definition) is 4. The molecule has 0 radical (unpaired) electrons. The predicted molar refractivity (Wildman–Crippen MR) is 67.6 cm³/mol. The van der Waals surface area contributed by atoms with Gasteiger partial charge in [-0.3, -0.25) is 0 Å². The first-order valence-corrected chi connectivity index (χ1v) is 6.78. The van der Waals surface area contributed by atoms with Gasteiger partial charge in [-0.05, 0) is 38.2 Å². The number of anilines is 1. The number of nitrogens with zero attached hydrogens (tertiary/aromatic N) is 1. The van der Waals surface area contributed by atoms with Crippen LogP contribution in [0.1, 0.15) is 6.92 Å². The van der Waals surface area contributed by atoms with Crippen LogP contribution in [0.15, 0.2) is 29.2 Å². The van der Waals surface area contributed by atoms with Crippen LogP contribution >= 0.6 is 0 Å². The zero-order valence-electron chi connectivity index (χ0n) is 10.2. The third-order valence-corrected chi connectivity index (χ3v) is 4.18. The fourth-order valence-corrected chi connectivity index (χ4v) is 2.09. The zero-order chi connectivity index (χ0) is 13.1. The first-order chi connectivity index (χ1) is 7.92. The normalized spacial score (nSPS) is 13.4. The van der Waals surface area contributed by atoms with Crippen LogP contribution in [0, 0.1) is 0 Å². The van der Waals surface area contributed by atoms with Crippen molar-refractivity contribution < 1.29 is 13.5 Å². The molecule has 5 nitrogen and oxygen atoms in total. The fraction of sp³-hybridized carbons (Fsp3) is 0.455. The molecule has 0 aliphatic carbocycles. The standard InChI is InChI=1S/C11H18N2O3S/c1-9(8-14)13(3)10-4-6-11(7-5-10)17(15,16)12-2/h4-7,9,12,14H,8H2,1-3H3. The number of benzene rings is 1. The molecule has 0 fully saturated rings. The quantitative estimate of drug-likeness (QED) is 0.802. The van der Waals surface area contributed by atoms with E-state index in [1.807, 2.05) is 18.9 Å². The Morgan fingerprint density at radius 2 is 1.88 bits per heavy atom. The van der Waals surface area contributed by atoms with Gasteiger partial charge in [-0.1, -0.05) is 0 Å². The summed E-state index contributed by atoms with van der Waals surface area (Å²) in [5, 5.41) is 9.04. The topological polar surface area (TPSA) is 69.6 Å². The minimum absolute atomic E-state index is 0.0123. The van der Waals surface area contributed by atoms with E-state index in [-0.39, 0.29) is 17.5 Å². The summed E-state index contributed by atoms with van der Waals surface area (Å²) in [7, 11) is -0.157. The maximum atomic E-state index is 11.5. The molecule has 0 amide bonds. The number of aliphatic hydroxyl groups excluding tert-OH is 1. The molecule has 0 heterocycles. The minimum atomic E-state index is -3.38. The Labute approximate surface area is 102 Å². The van der Waals surface area contributed by atoms with E-state index < -0.39 is 10.0 Å². The van der Waals surface area contributed by atoms with Crippen molar-refractivity contribution in [2.75, 3.05) is 25.6 Å². The Hall–Kier alpha value is -1.11. The molecular weight excluding hydrogens is 240 g/mol. The van der Waals surface area contributed by atoms with Gasteiger partial charge in [-0.25, -0.2) is 13.1 Å². The Morgan fingerprint density at radius 3 is 2.29 bits per heavy atom. The minimum Gasteiger partial charge on any atom is -0.394 e. The summed E-state index contributed by atoms with van der Waals surface area (Å²) in [5.74, 6) is 0. The van der Waals surface area contributed by atoms with Crippen molar-refractivity contribution in [3.63, 3.8) is 0 Å². The Balaban J connectivity index is 2.96. The van der Waals surface area contributed by atoms with Gasteiger partial charge in [0, 0.05) is 18.8 Å². The largest absolute Gasteiger partial charge is 0.394 e. The molecule has 0 spiro atoms. The average molecular weight is 258 g/mol. The second-order valence-corrected chi connectivity index (χ2v) is 5.73. The van der Waals surface area contributed by atoms with Gasteiger partial charge in [0.25, 0.3) is 0 Å². The molecule has 0 saturated heterocycles. The van der Waals surface area contributed by atoms with Crippen molar-refractivity contribution in [3.05, 3.63) is 24.3 Å². The lowest BCUT2D eigenvalue weighted by Gasteiger charge is -2.25. The lowest BCUT2D eigenvalue weighted by atomic mass is 10.2. The second-order valence-electron chi connectivity index (χ2n) is 3.84. The monoisotopic (exact) mass is 258 g/mol. The molecule has 1 unspecified atom stereocenters. The van der Waals surface area contributed by atoms with E-state index in [2.05, 4.69) is 4.72 Å². The Kier molecular flexibility index (Phi) is 4.50. The van der Waals surface area contributed by atoms with E-state index in [1.165, 1.54) is 7.05 Å². The van der Waals surface area contributed by atoms with Crippen LogP contribution in [-0.2, 0) is 10.0 Å². The summed E-state index contributed by atoms with van der Waals surface area (Å²) in [5.41, 5.74) is 0.863. The third-order valence-electron chi connectivity index (χ3n) is 2.75. The predicted octanol–water partition coefficient (Wildman–Crippen LogP) is 0.412. The van der Waals surface area contributed by atoms with E-state index in [1.54, 1.807) is 24.3 Å². The number of rotatable bonds is 5. The summed E-state index contributed by atoms with van der Waals surface area (Å²) in [6.45, 7) is 1.94. The van der Waals surface area contributed by atoms with E-state index >= 15 is 0 Å². The van der Waals surface area contributed by atoms with E-state index in [0.717, 1.165) is 5.69 Å². The summed E-state index contributed by atoms with van der Waals surface area (Å²) in [6.07, 6.45) is 0. The van der Waals surface area contributed by atoms with Gasteiger partial charge in [-0.15, -0.1) is 0 Å². The van der Waals surface area contributed by atoms with E-state index in [0.29, 0.717) is 0 Å². The highest BCUT2D eigenvalue weighted by atomic mass is 32.2. The van der Waals surface area contributed by atoms with Gasteiger partial charge in [0.1, 0.15) is 0 Å². The lowest BCUT2D eigenvalue weighted by molar-refractivity contribution is 0.270. The number of hydrogen-bond donors (Lipinski definition) is 2. The van der Waals surface area contributed by atoms with Gasteiger partial charge < -0.3 is 10.0 Å². The number of likely N-dealkylation sites (N-methyl/N-ethyl adjacent to an activating group) is 1. The Morgan fingerprint density at radius 1 is 1.35 bits per heavy atom. The van der Waals surface area contributed by atoms with Crippen molar-refractivity contribution in [2.24, 2.45) is 0 Å². The summed E-state index contributed by atoms with van der Waals surface area (Å²) >= 11 is 0. The van der Waals surface area contributed by atoms with E-state index in [9.17, 15) is 8.42 Å². The van der Waals surface area contributed by atoms with Crippen molar-refractivity contribution in [3.8, 4) is 0 Å². The summed E-state index contributed by atoms with van der Waals surface area (Å²) in [4.78, 5) is 2.12. The molecule has 1 rings (SSSR count). The molecule has 1 aromatic carbocycles. The molecule has 0 aromatic heterocycles. The average Bonchev–Trinajstić information content (AvgIpc) is 2.37. The van der Waals surface area contributed by atoms with Crippen molar-refractivity contribution >= 4 is 15.7 Å². The molecule has 0 aliphatic heterocycles. The van der Waals surface area contributed by atoms with Crippen molar-refractivity contribution in [2.45, 2.75) is 17.9 Å². The van der Waals surface area contributed by atoms with Gasteiger partial charge in [0.2, 0.25) is 10.0 Å². The first-order valence-electron chi connectivity index (χ1n) is 5.29. The highest BCUT2D eigenvalue weighted by Gasteiger charge is 2.13. The molecule has 6 heteroatoms. The van der Waals surface area contributed by atoms with Gasteiger partial charge >= 0.3 is 0 Å². The molecule has 0 aliphatic rings. The van der Waals surface area contributed by atoms with Crippen LogP contribution in [0.5, 0.6) is 0 Å². The van der Waals surface area contributed by atoms with Crippen LogP contribution in [0.3, 0.4) is 0 Å². The Bertz CT molecular complexity index is 456. The SMILES string of the molecule is CNS(=O)(=O)c1ccc(N(C)C(C)CO)cc1. The highest BCUT2D eigenvalue weighted by Crippen LogP contribution is 2.18. The highest BCUT2D eigenvalue weighted by molar-refractivity contribution is 7.89. The maximum Gasteiger partial charge on any atom is 0.240 e. The van der Waals surface area contributed by atoms with Crippen LogP contribution in [0.4, 0.5) is 5.69 Å². The number of nitrogens with one attached hydrogen (secondary N) is 1. The van der Waals surface area contributed by atoms with Crippen LogP contribution in [-0.4, -0.2) is 40.3 Å². The smallest absolute Gasteiger partial charge is 0.240 e.